The first-order valence-corrected chi connectivity index (χ1v) is 2.08. The number of carbonyl (C=O) groups is 2. The van der Waals surface area contributed by atoms with E-state index in [1.807, 2.05) is 0 Å². The van der Waals surface area contributed by atoms with Crippen LogP contribution in [0.5, 0.6) is 0 Å². The molecule has 0 radical (unpaired) electrons. The molecule has 0 rings (SSSR count). The molecule has 0 atom stereocenters. The Balaban J connectivity index is 3.89. The Kier molecular flexibility index (Phi) is 2.83. The molecule has 52 valence electrons. The van der Waals surface area contributed by atoms with Gasteiger partial charge < -0.3 is 14.9 Å². The number of esters is 1. The van der Waals surface area contributed by atoms with Gasteiger partial charge in [0.25, 0.3) is 5.78 Å². The van der Waals surface area contributed by atoms with E-state index in [0.717, 1.165) is 7.11 Å². The Morgan fingerprint density at radius 3 is 2.00 bits per heavy atom. The van der Waals surface area contributed by atoms with E-state index in [1.165, 1.54) is 0 Å². The number of hydrogen-bond donors (Lipinski definition) is 2. The number of carbonyl (C=O) groups excluding carboxylic acids is 2. The molecule has 0 aliphatic rings. The highest BCUT2D eigenvalue weighted by Gasteiger charge is 2.20. The minimum Gasteiger partial charge on any atom is -0.463 e. The lowest BCUT2D eigenvalue weighted by Crippen LogP contribution is -2.28. The average Bonchev–Trinajstić information content (AvgIpc) is 1.84. The summed E-state index contributed by atoms with van der Waals surface area (Å²) in [7, 11) is 0.975. The van der Waals surface area contributed by atoms with Crippen molar-refractivity contribution in [2.75, 3.05) is 7.11 Å². The van der Waals surface area contributed by atoms with Crippen LogP contribution in [0.15, 0.2) is 0 Å². The molecule has 5 heteroatoms. The summed E-state index contributed by atoms with van der Waals surface area (Å²) < 4.78 is 3.86. The predicted molar refractivity (Wildman–Crippen MR) is 25.2 cm³/mol. The van der Waals surface area contributed by atoms with Crippen LogP contribution in [0.25, 0.3) is 0 Å². The summed E-state index contributed by atoms with van der Waals surface area (Å²) in [5, 5.41) is 16.1. The fourth-order valence-electron chi connectivity index (χ4n) is 0.206. The summed E-state index contributed by atoms with van der Waals surface area (Å²) >= 11 is 0. The lowest BCUT2D eigenvalue weighted by atomic mass is 10.4. The Morgan fingerprint density at radius 1 is 1.44 bits per heavy atom. The number of hydrogen-bond acceptors (Lipinski definition) is 5. The monoisotopic (exact) mass is 134 g/mol. The zero-order chi connectivity index (χ0) is 7.44. The Hall–Kier alpha value is -0.940. The van der Waals surface area contributed by atoms with Crippen LogP contribution in [-0.4, -0.2) is 35.4 Å². The summed E-state index contributed by atoms with van der Waals surface area (Å²) in [6.07, 6.45) is -2.27. The first-order valence-electron chi connectivity index (χ1n) is 2.08. The van der Waals surface area contributed by atoms with Crippen LogP contribution in [-0.2, 0) is 14.3 Å². The van der Waals surface area contributed by atoms with Gasteiger partial charge in [-0.3, -0.25) is 4.79 Å². The van der Waals surface area contributed by atoms with E-state index in [9.17, 15) is 9.59 Å². The maximum absolute atomic E-state index is 10.1. The molecular weight excluding hydrogens is 128 g/mol. The van der Waals surface area contributed by atoms with Gasteiger partial charge in [-0.1, -0.05) is 0 Å². The maximum atomic E-state index is 10.1. The summed E-state index contributed by atoms with van der Waals surface area (Å²) in [6.45, 7) is 0. The number of Topliss-reactive ketones (excluding diaryl/α,β-unsaturated/α-hetero) is 1. The molecule has 5 nitrogen and oxygen atoms in total. The van der Waals surface area contributed by atoms with E-state index >= 15 is 0 Å². The second kappa shape index (κ2) is 3.16. The smallest absolute Gasteiger partial charge is 0.379 e. The zero-order valence-corrected chi connectivity index (χ0v) is 4.70. The first kappa shape index (κ1) is 8.06. The third-order valence-electron chi connectivity index (χ3n) is 0.621. The van der Waals surface area contributed by atoms with E-state index in [-0.39, 0.29) is 0 Å². The van der Waals surface area contributed by atoms with Crippen molar-refractivity contribution in [2.24, 2.45) is 0 Å². The van der Waals surface area contributed by atoms with E-state index in [0.29, 0.717) is 0 Å². The van der Waals surface area contributed by atoms with Crippen LogP contribution in [0.1, 0.15) is 0 Å². The van der Waals surface area contributed by atoms with E-state index in [4.69, 9.17) is 10.2 Å². The van der Waals surface area contributed by atoms with Gasteiger partial charge in [-0.15, -0.1) is 0 Å². The number of aliphatic hydroxyl groups excluding tert-OH is 1. The molecule has 0 aromatic rings. The number of aliphatic hydroxyl groups is 2. The van der Waals surface area contributed by atoms with Crippen molar-refractivity contribution in [3.63, 3.8) is 0 Å². The van der Waals surface area contributed by atoms with Gasteiger partial charge in [0.2, 0.25) is 6.29 Å². The molecule has 0 bridgehead atoms. The van der Waals surface area contributed by atoms with Crippen molar-refractivity contribution < 1.29 is 24.5 Å². The van der Waals surface area contributed by atoms with Crippen LogP contribution < -0.4 is 0 Å². The molecule has 0 aliphatic heterocycles. The minimum atomic E-state index is -2.27. The zero-order valence-electron chi connectivity index (χ0n) is 4.70. The molecule has 0 unspecified atom stereocenters. The van der Waals surface area contributed by atoms with Gasteiger partial charge in [0.15, 0.2) is 0 Å². The highest BCUT2D eigenvalue weighted by Crippen LogP contribution is 1.82. The molecule has 0 saturated carbocycles. The van der Waals surface area contributed by atoms with Gasteiger partial charge in [-0.05, 0) is 0 Å². The molecule has 0 spiro atoms. The van der Waals surface area contributed by atoms with Crippen molar-refractivity contribution in [3.8, 4) is 0 Å². The summed E-state index contributed by atoms with van der Waals surface area (Å²) in [6, 6.07) is 0. The SMILES string of the molecule is COC(=O)C(=O)C(O)O. The van der Waals surface area contributed by atoms with Gasteiger partial charge in [-0.2, -0.15) is 0 Å². The second-order valence-corrected chi connectivity index (χ2v) is 1.23. The molecule has 9 heavy (non-hydrogen) atoms. The number of rotatable bonds is 2. The van der Waals surface area contributed by atoms with Crippen molar-refractivity contribution in [1.82, 2.24) is 0 Å². The van der Waals surface area contributed by atoms with E-state index in [1.54, 1.807) is 0 Å². The topological polar surface area (TPSA) is 83.8 Å². The average molecular weight is 134 g/mol. The normalized spacial score (nSPS) is 9.33. The number of ketones is 1. The number of methoxy groups -OCH3 is 1. The highest BCUT2D eigenvalue weighted by molar-refractivity contribution is 6.34. The van der Waals surface area contributed by atoms with Crippen LogP contribution >= 0.6 is 0 Å². The van der Waals surface area contributed by atoms with Crippen molar-refractivity contribution in [2.45, 2.75) is 6.29 Å². The molecule has 0 amide bonds. The maximum Gasteiger partial charge on any atom is 0.379 e. The van der Waals surface area contributed by atoms with Gasteiger partial charge in [0, 0.05) is 0 Å². The summed E-state index contributed by atoms with van der Waals surface area (Å²) in [5.41, 5.74) is 0. The molecule has 2 N–H and O–H groups in total. The fourth-order valence-corrected chi connectivity index (χ4v) is 0.206. The van der Waals surface area contributed by atoms with E-state index < -0.39 is 18.0 Å². The standard InChI is InChI=1S/C4H6O5/c1-9-4(8)2(5)3(6)7/h3,6-7H,1H3. The van der Waals surface area contributed by atoms with Gasteiger partial charge >= 0.3 is 5.97 Å². The van der Waals surface area contributed by atoms with Gasteiger partial charge in [0.05, 0.1) is 7.11 Å². The third kappa shape index (κ3) is 2.20. The predicted octanol–water partition coefficient (Wildman–Crippen LogP) is -1.96. The minimum absolute atomic E-state index is 0.975. The van der Waals surface area contributed by atoms with Crippen molar-refractivity contribution >= 4 is 11.8 Å². The molecule has 0 fully saturated rings. The summed E-state index contributed by atoms with van der Waals surface area (Å²) in [4.78, 5) is 20.2. The molecular formula is C4H6O5. The molecule has 0 aliphatic carbocycles. The Labute approximate surface area is 50.9 Å². The van der Waals surface area contributed by atoms with Gasteiger partial charge in [-0.25, -0.2) is 4.79 Å². The molecule has 0 aromatic carbocycles. The van der Waals surface area contributed by atoms with Crippen LogP contribution in [0.4, 0.5) is 0 Å². The largest absolute Gasteiger partial charge is 0.463 e. The molecule has 0 saturated heterocycles. The summed E-state index contributed by atoms with van der Waals surface area (Å²) in [5.74, 6) is -2.62. The third-order valence-corrected chi connectivity index (χ3v) is 0.621. The van der Waals surface area contributed by atoms with Crippen LogP contribution in [0, 0.1) is 0 Å². The fraction of sp³-hybridized carbons (Fsp3) is 0.500. The van der Waals surface area contributed by atoms with E-state index in [2.05, 4.69) is 4.74 Å². The Morgan fingerprint density at radius 2 is 1.89 bits per heavy atom. The highest BCUT2D eigenvalue weighted by atomic mass is 16.5. The second-order valence-electron chi connectivity index (χ2n) is 1.23. The van der Waals surface area contributed by atoms with Crippen LogP contribution in [0.2, 0.25) is 0 Å². The van der Waals surface area contributed by atoms with Crippen molar-refractivity contribution in [3.05, 3.63) is 0 Å². The van der Waals surface area contributed by atoms with Crippen LogP contribution in [0.3, 0.4) is 0 Å². The lowest BCUT2D eigenvalue weighted by Gasteiger charge is -1.97. The first-order chi connectivity index (χ1) is 4.09. The number of ether oxygens (including phenoxy) is 1. The van der Waals surface area contributed by atoms with Crippen molar-refractivity contribution in [1.29, 1.82) is 0 Å². The Bertz CT molecular complexity index is 127. The lowest BCUT2D eigenvalue weighted by molar-refractivity contribution is -0.164. The molecule has 0 aromatic heterocycles. The molecule has 0 heterocycles. The quantitative estimate of drug-likeness (QED) is 0.260. The van der Waals surface area contributed by atoms with Gasteiger partial charge in [0.1, 0.15) is 0 Å².